The minimum atomic E-state index is -0.985. The number of aromatic amines is 1. The fourth-order valence-electron chi connectivity index (χ4n) is 1.27. The number of H-pyrrole nitrogens is 1. The van der Waals surface area contributed by atoms with Gasteiger partial charge in [-0.2, -0.15) is 0 Å². The van der Waals surface area contributed by atoms with Gasteiger partial charge in [-0.25, -0.2) is 8.78 Å². The predicted octanol–water partition coefficient (Wildman–Crippen LogP) is 2.26. The molecule has 13 heavy (non-hydrogen) atoms. The summed E-state index contributed by atoms with van der Waals surface area (Å²) in [6.45, 7) is 0. The largest absolute Gasteiger partial charge is 0.360 e. The number of benzene rings is 1. The highest BCUT2D eigenvalue weighted by molar-refractivity contribution is 5.97. The molecule has 0 spiro atoms. The maximum absolute atomic E-state index is 13.1. The average Bonchev–Trinajstić information content (AvgIpc) is 2.55. The van der Waals surface area contributed by atoms with Crippen LogP contribution in [0.15, 0.2) is 18.3 Å². The van der Waals surface area contributed by atoms with E-state index in [1.54, 1.807) is 0 Å². The molecule has 2 rings (SSSR count). The molecule has 0 aliphatic heterocycles. The van der Waals surface area contributed by atoms with Crippen LogP contribution >= 0.6 is 0 Å². The van der Waals surface area contributed by atoms with E-state index in [-0.39, 0.29) is 10.9 Å². The lowest BCUT2D eigenvalue weighted by atomic mass is 10.2. The van der Waals surface area contributed by atoms with Gasteiger partial charge in [0.05, 0.1) is 0 Å². The maximum atomic E-state index is 13.1. The average molecular weight is 181 g/mol. The molecule has 0 aliphatic carbocycles. The summed E-state index contributed by atoms with van der Waals surface area (Å²) in [5, 5.41) is 0.00926. The Morgan fingerprint density at radius 1 is 1.31 bits per heavy atom. The molecule has 0 amide bonds. The molecule has 2 aromatic rings. The molecule has 1 aromatic carbocycles. The number of fused-ring (bicyclic) bond motifs is 1. The molecule has 66 valence electrons. The van der Waals surface area contributed by atoms with E-state index in [1.165, 1.54) is 12.3 Å². The highest BCUT2D eigenvalue weighted by atomic mass is 19.2. The van der Waals surface area contributed by atoms with Gasteiger partial charge in [0.2, 0.25) is 0 Å². The standard InChI is InChI=1S/C9H5F2NO/c10-6-1-2-7-8(9(6)11)5(4-13)3-12-7/h1-4,12H. The Bertz CT molecular complexity index is 476. The summed E-state index contributed by atoms with van der Waals surface area (Å²) in [4.78, 5) is 13.1. The third-order valence-electron chi connectivity index (χ3n) is 1.89. The molecule has 4 heteroatoms. The van der Waals surface area contributed by atoms with E-state index in [0.29, 0.717) is 11.8 Å². The van der Waals surface area contributed by atoms with E-state index in [2.05, 4.69) is 4.98 Å². The molecule has 0 unspecified atom stereocenters. The summed E-state index contributed by atoms with van der Waals surface area (Å²) in [6.07, 6.45) is 1.83. The van der Waals surface area contributed by atoms with Crippen LogP contribution in [-0.4, -0.2) is 11.3 Å². The number of aldehydes is 1. The predicted molar refractivity (Wildman–Crippen MR) is 43.6 cm³/mol. The fraction of sp³-hybridized carbons (Fsp3) is 0. The van der Waals surface area contributed by atoms with Crippen molar-refractivity contribution in [1.82, 2.24) is 4.98 Å². The fourth-order valence-corrected chi connectivity index (χ4v) is 1.27. The van der Waals surface area contributed by atoms with Crippen molar-refractivity contribution in [2.45, 2.75) is 0 Å². The second-order valence-corrected chi connectivity index (χ2v) is 2.65. The first-order valence-corrected chi connectivity index (χ1v) is 3.64. The first kappa shape index (κ1) is 7.91. The van der Waals surface area contributed by atoms with Gasteiger partial charge in [-0.05, 0) is 12.1 Å². The minimum Gasteiger partial charge on any atom is -0.360 e. The molecule has 0 bridgehead atoms. The number of hydrogen-bond donors (Lipinski definition) is 1. The lowest BCUT2D eigenvalue weighted by Crippen LogP contribution is -1.86. The van der Waals surface area contributed by atoms with Crippen LogP contribution < -0.4 is 0 Å². The van der Waals surface area contributed by atoms with Gasteiger partial charge in [-0.1, -0.05) is 0 Å². The van der Waals surface area contributed by atoms with Gasteiger partial charge in [-0.15, -0.1) is 0 Å². The SMILES string of the molecule is O=Cc1c[nH]c2ccc(F)c(F)c12. The second kappa shape index (κ2) is 2.65. The maximum Gasteiger partial charge on any atom is 0.168 e. The van der Waals surface area contributed by atoms with E-state index >= 15 is 0 Å². The first-order chi connectivity index (χ1) is 6.24. The topological polar surface area (TPSA) is 32.9 Å². The van der Waals surface area contributed by atoms with Crippen molar-refractivity contribution in [1.29, 1.82) is 0 Å². The van der Waals surface area contributed by atoms with Crippen LogP contribution in [0.3, 0.4) is 0 Å². The molecule has 0 saturated heterocycles. The zero-order valence-electron chi connectivity index (χ0n) is 6.47. The summed E-state index contributed by atoms with van der Waals surface area (Å²) in [7, 11) is 0. The molecule has 1 N–H and O–H groups in total. The van der Waals surface area contributed by atoms with Crippen LogP contribution in [-0.2, 0) is 0 Å². The Hall–Kier alpha value is -1.71. The molecule has 0 saturated carbocycles. The quantitative estimate of drug-likeness (QED) is 0.672. The molecular formula is C9H5F2NO. The monoisotopic (exact) mass is 181 g/mol. The zero-order valence-corrected chi connectivity index (χ0v) is 6.47. The van der Waals surface area contributed by atoms with Crippen LogP contribution in [0.1, 0.15) is 10.4 Å². The summed E-state index contributed by atoms with van der Waals surface area (Å²) in [6, 6.07) is 2.41. The smallest absolute Gasteiger partial charge is 0.168 e. The van der Waals surface area contributed by atoms with E-state index in [9.17, 15) is 13.6 Å². The molecule has 0 atom stereocenters. The Kier molecular flexibility index (Phi) is 1.62. The van der Waals surface area contributed by atoms with Crippen LogP contribution in [0.5, 0.6) is 0 Å². The van der Waals surface area contributed by atoms with Crippen molar-refractivity contribution in [3.63, 3.8) is 0 Å². The van der Waals surface area contributed by atoms with E-state index in [4.69, 9.17) is 0 Å². The Morgan fingerprint density at radius 2 is 2.08 bits per heavy atom. The van der Waals surface area contributed by atoms with Crippen molar-refractivity contribution in [2.75, 3.05) is 0 Å². The number of nitrogens with one attached hydrogen (secondary N) is 1. The summed E-state index contributed by atoms with van der Waals surface area (Å²) in [5.41, 5.74) is 0.549. The Balaban J connectivity index is 2.93. The van der Waals surface area contributed by atoms with Gasteiger partial charge in [0.25, 0.3) is 0 Å². The third-order valence-corrected chi connectivity index (χ3v) is 1.89. The Morgan fingerprint density at radius 3 is 2.77 bits per heavy atom. The van der Waals surface area contributed by atoms with Crippen LogP contribution in [0.25, 0.3) is 10.9 Å². The second-order valence-electron chi connectivity index (χ2n) is 2.65. The third kappa shape index (κ3) is 1.02. The number of carbonyl (C=O) groups is 1. The van der Waals surface area contributed by atoms with Crippen molar-refractivity contribution < 1.29 is 13.6 Å². The lowest BCUT2D eigenvalue weighted by Gasteiger charge is -1.94. The number of halogens is 2. The number of hydrogen-bond acceptors (Lipinski definition) is 1. The lowest BCUT2D eigenvalue weighted by molar-refractivity contribution is 0.112. The van der Waals surface area contributed by atoms with E-state index in [0.717, 1.165) is 6.07 Å². The number of carbonyl (C=O) groups excluding carboxylic acids is 1. The molecular weight excluding hydrogens is 176 g/mol. The molecule has 0 aliphatic rings. The van der Waals surface area contributed by atoms with Gasteiger partial charge in [0.1, 0.15) is 0 Å². The molecule has 0 fully saturated rings. The summed E-state index contributed by atoms with van der Waals surface area (Å²) < 4.78 is 25.9. The van der Waals surface area contributed by atoms with Crippen molar-refractivity contribution in [3.05, 3.63) is 35.5 Å². The van der Waals surface area contributed by atoms with Crippen LogP contribution in [0.4, 0.5) is 8.78 Å². The van der Waals surface area contributed by atoms with Gasteiger partial charge in [-0.3, -0.25) is 4.79 Å². The van der Waals surface area contributed by atoms with E-state index < -0.39 is 11.6 Å². The summed E-state index contributed by atoms with van der Waals surface area (Å²) >= 11 is 0. The number of rotatable bonds is 1. The van der Waals surface area contributed by atoms with Gasteiger partial charge < -0.3 is 4.98 Å². The number of aromatic nitrogens is 1. The van der Waals surface area contributed by atoms with Crippen molar-refractivity contribution >= 4 is 17.2 Å². The van der Waals surface area contributed by atoms with Gasteiger partial charge in [0, 0.05) is 22.7 Å². The molecule has 1 heterocycles. The highest BCUT2D eigenvalue weighted by Crippen LogP contribution is 2.22. The normalized spacial score (nSPS) is 10.6. The van der Waals surface area contributed by atoms with Crippen molar-refractivity contribution in [3.8, 4) is 0 Å². The van der Waals surface area contributed by atoms with Crippen LogP contribution in [0, 0.1) is 11.6 Å². The van der Waals surface area contributed by atoms with E-state index in [1.807, 2.05) is 0 Å². The Labute approximate surface area is 72.2 Å². The summed E-state index contributed by atoms with van der Waals surface area (Å²) in [5.74, 6) is -1.93. The van der Waals surface area contributed by atoms with Gasteiger partial charge >= 0.3 is 0 Å². The molecule has 0 radical (unpaired) electrons. The van der Waals surface area contributed by atoms with Gasteiger partial charge in [0.15, 0.2) is 17.9 Å². The minimum absolute atomic E-state index is 0.00926. The molecule has 1 aromatic heterocycles. The zero-order chi connectivity index (χ0) is 9.42. The van der Waals surface area contributed by atoms with Crippen LogP contribution in [0.2, 0.25) is 0 Å². The van der Waals surface area contributed by atoms with Crippen molar-refractivity contribution in [2.24, 2.45) is 0 Å². The first-order valence-electron chi connectivity index (χ1n) is 3.64. The highest BCUT2D eigenvalue weighted by Gasteiger charge is 2.11. The molecule has 2 nitrogen and oxygen atoms in total.